The van der Waals surface area contributed by atoms with E-state index in [-0.39, 0.29) is 6.03 Å². The molecule has 3 N–H and O–H groups in total. The van der Waals surface area contributed by atoms with Gasteiger partial charge in [-0.1, -0.05) is 32.3 Å². The molecule has 0 spiro atoms. The summed E-state index contributed by atoms with van der Waals surface area (Å²) in [6.45, 7) is 2.25. The minimum atomic E-state index is -0.0899. The van der Waals surface area contributed by atoms with Crippen LogP contribution in [0.4, 0.5) is 10.5 Å². The monoisotopic (exact) mass is 313 g/mol. The van der Waals surface area contributed by atoms with Gasteiger partial charge in [0, 0.05) is 23.4 Å². The Morgan fingerprint density at radius 2 is 2.04 bits per heavy atom. The second-order valence-corrected chi connectivity index (χ2v) is 6.74. The van der Waals surface area contributed by atoms with Crippen LogP contribution in [0.1, 0.15) is 51.9 Å². The van der Waals surface area contributed by atoms with Gasteiger partial charge in [-0.05, 0) is 55.2 Å². The zero-order valence-electron chi connectivity index (χ0n) is 13.9. The van der Waals surface area contributed by atoms with E-state index in [0.29, 0.717) is 6.04 Å². The number of unbranched alkanes of at least 4 members (excludes halogenated alkanes) is 1. The summed E-state index contributed by atoms with van der Waals surface area (Å²) >= 11 is 0. The Kier molecular flexibility index (Phi) is 5.21. The third-order valence-electron chi connectivity index (χ3n) is 4.96. The van der Waals surface area contributed by atoms with Gasteiger partial charge >= 0.3 is 6.03 Å². The number of aromatic amines is 1. The zero-order valence-corrected chi connectivity index (χ0v) is 13.9. The maximum Gasteiger partial charge on any atom is 0.319 e. The van der Waals surface area contributed by atoms with Crippen LogP contribution in [0.5, 0.6) is 0 Å². The molecule has 1 aliphatic rings. The van der Waals surface area contributed by atoms with Gasteiger partial charge in [0.05, 0.1) is 0 Å². The number of hydrogen-bond acceptors (Lipinski definition) is 1. The van der Waals surface area contributed by atoms with E-state index in [1.54, 1.807) is 0 Å². The highest BCUT2D eigenvalue weighted by Crippen LogP contribution is 2.28. The molecule has 4 nitrogen and oxygen atoms in total. The van der Waals surface area contributed by atoms with Gasteiger partial charge in [0.25, 0.3) is 0 Å². The minimum Gasteiger partial charge on any atom is -0.361 e. The third kappa shape index (κ3) is 4.27. The number of amides is 2. The summed E-state index contributed by atoms with van der Waals surface area (Å²) in [5.74, 6) is 0.867. The number of H-pyrrole nitrogens is 1. The molecular weight excluding hydrogens is 286 g/mol. The van der Waals surface area contributed by atoms with Crippen LogP contribution in [0.15, 0.2) is 30.5 Å². The predicted molar refractivity (Wildman–Crippen MR) is 95.7 cm³/mol. The van der Waals surface area contributed by atoms with E-state index in [0.717, 1.165) is 35.3 Å². The fourth-order valence-corrected chi connectivity index (χ4v) is 3.57. The van der Waals surface area contributed by atoms with Gasteiger partial charge in [-0.25, -0.2) is 4.79 Å². The van der Waals surface area contributed by atoms with Crippen LogP contribution < -0.4 is 10.6 Å². The first kappa shape index (κ1) is 15.9. The summed E-state index contributed by atoms with van der Waals surface area (Å²) in [6.07, 6.45) is 10.6. The Balaban J connectivity index is 1.46. The summed E-state index contributed by atoms with van der Waals surface area (Å²) in [5.41, 5.74) is 1.87. The maximum atomic E-state index is 12.2. The summed E-state index contributed by atoms with van der Waals surface area (Å²) in [6, 6.07) is 8.18. The molecule has 2 amide bonds. The van der Waals surface area contributed by atoms with Gasteiger partial charge in [-0.3, -0.25) is 0 Å². The van der Waals surface area contributed by atoms with E-state index >= 15 is 0 Å². The van der Waals surface area contributed by atoms with Crippen molar-refractivity contribution in [2.75, 3.05) is 5.32 Å². The van der Waals surface area contributed by atoms with Crippen LogP contribution >= 0.6 is 0 Å². The number of carbonyl (C=O) groups excluding carboxylic acids is 1. The van der Waals surface area contributed by atoms with Crippen molar-refractivity contribution in [1.82, 2.24) is 10.3 Å². The molecule has 124 valence electrons. The standard InChI is InChI=1S/C19H27N3O/c1-2-3-4-14-5-8-16(9-6-14)21-19(23)22-17-10-7-15-11-12-20-18(15)13-17/h7,10-14,16,20H,2-6,8-9H2,1H3,(H2,21,22,23). The Morgan fingerprint density at radius 3 is 2.83 bits per heavy atom. The smallest absolute Gasteiger partial charge is 0.319 e. The van der Waals surface area contributed by atoms with E-state index in [2.05, 4.69) is 22.5 Å². The maximum absolute atomic E-state index is 12.2. The molecule has 1 aromatic heterocycles. The first-order chi connectivity index (χ1) is 11.2. The molecule has 0 saturated heterocycles. The molecular formula is C19H27N3O. The molecule has 1 saturated carbocycles. The van der Waals surface area contributed by atoms with Crippen molar-refractivity contribution in [3.8, 4) is 0 Å². The molecule has 1 aliphatic carbocycles. The second kappa shape index (κ2) is 7.53. The van der Waals surface area contributed by atoms with Gasteiger partial charge in [-0.15, -0.1) is 0 Å². The molecule has 0 aliphatic heterocycles. The summed E-state index contributed by atoms with van der Waals surface area (Å²) in [5, 5.41) is 7.23. The predicted octanol–water partition coefficient (Wildman–Crippen LogP) is 5.04. The van der Waals surface area contributed by atoms with Crippen LogP contribution in [0, 0.1) is 5.92 Å². The van der Waals surface area contributed by atoms with E-state index in [1.807, 2.05) is 30.5 Å². The fraction of sp³-hybridized carbons (Fsp3) is 0.526. The SMILES string of the molecule is CCCCC1CCC(NC(=O)Nc2ccc3cc[nH]c3c2)CC1. The average molecular weight is 313 g/mol. The molecule has 1 heterocycles. The van der Waals surface area contributed by atoms with Gasteiger partial charge in [0.15, 0.2) is 0 Å². The van der Waals surface area contributed by atoms with Crippen molar-refractivity contribution in [2.24, 2.45) is 5.92 Å². The van der Waals surface area contributed by atoms with Crippen molar-refractivity contribution in [2.45, 2.75) is 57.9 Å². The molecule has 0 atom stereocenters. The van der Waals surface area contributed by atoms with Gasteiger partial charge in [0.1, 0.15) is 0 Å². The lowest BCUT2D eigenvalue weighted by molar-refractivity contribution is 0.235. The molecule has 1 fully saturated rings. The third-order valence-corrected chi connectivity index (χ3v) is 4.96. The van der Waals surface area contributed by atoms with Crippen molar-refractivity contribution in [1.29, 1.82) is 0 Å². The summed E-state index contributed by atoms with van der Waals surface area (Å²) in [7, 11) is 0. The number of nitrogens with one attached hydrogen (secondary N) is 3. The molecule has 4 heteroatoms. The second-order valence-electron chi connectivity index (χ2n) is 6.74. The summed E-state index contributed by atoms with van der Waals surface area (Å²) in [4.78, 5) is 15.3. The Morgan fingerprint density at radius 1 is 1.22 bits per heavy atom. The highest BCUT2D eigenvalue weighted by molar-refractivity contribution is 5.92. The lowest BCUT2D eigenvalue weighted by Gasteiger charge is -2.29. The van der Waals surface area contributed by atoms with Crippen molar-refractivity contribution in [3.05, 3.63) is 30.5 Å². The fourth-order valence-electron chi connectivity index (χ4n) is 3.57. The molecule has 0 bridgehead atoms. The number of carbonyl (C=O) groups is 1. The van der Waals surface area contributed by atoms with E-state index in [9.17, 15) is 4.79 Å². The molecule has 0 unspecified atom stereocenters. The zero-order chi connectivity index (χ0) is 16.1. The van der Waals surface area contributed by atoms with Gasteiger partial charge in [-0.2, -0.15) is 0 Å². The normalized spacial score (nSPS) is 21.3. The number of hydrogen-bond donors (Lipinski definition) is 3. The van der Waals surface area contributed by atoms with E-state index in [1.165, 1.54) is 32.1 Å². The largest absolute Gasteiger partial charge is 0.361 e. The van der Waals surface area contributed by atoms with E-state index in [4.69, 9.17) is 0 Å². The minimum absolute atomic E-state index is 0.0899. The quantitative estimate of drug-likeness (QED) is 0.711. The van der Waals surface area contributed by atoms with Crippen molar-refractivity contribution >= 4 is 22.6 Å². The van der Waals surface area contributed by atoms with Crippen LogP contribution in [-0.2, 0) is 0 Å². The van der Waals surface area contributed by atoms with Gasteiger partial charge < -0.3 is 15.6 Å². The highest BCUT2D eigenvalue weighted by atomic mass is 16.2. The number of urea groups is 1. The van der Waals surface area contributed by atoms with Crippen LogP contribution in [-0.4, -0.2) is 17.1 Å². The van der Waals surface area contributed by atoms with Crippen LogP contribution in [0.3, 0.4) is 0 Å². The molecule has 0 radical (unpaired) electrons. The Labute approximate surface area is 138 Å². The molecule has 3 rings (SSSR count). The number of fused-ring (bicyclic) bond motifs is 1. The number of aromatic nitrogens is 1. The van der Waals surface area contributed by atoms with Crippen molar-refractivity contribution < 1.29 is 4.79 Å². The highest BCUT2D eigenvalue weighted by Gasteiger charge is 2.21. The molecule has 2 aromatic rings. The first-order valence-corrected chi connectivity index (χ1v) is 8.89. The van der Waals surface area contributed by atoms with Crippen molar-refractivity contribution in [3.63, 3.8) is 0 Å². The number of anilines is 1. The Bertz CT molecular complexity index is 641. The lowest BCUT2D eigenvalue weighted by Crippen LogP contribution is -2.40. The topological polar surface area (TPSA) is 56.9 Å². The molecule has 1 aromatic carbocycles. The number of rotatable bonds is 5. The lowest BCUT2D eigenvalue weighted by atomic mass is 9.83. The van der Waals surface area contributed by atoms with Crippen LogP contribution in [0.25, 0.3) is 10.9 Å². The molecule has 23 heavy (non-hydrogen) atoms. The van der Waals surface area contributed by atoms with E-state index < -0.39 is 0 Å². The number of benzene rings is 1. The average Bonchev–Trinajstić information content (AvgIpc) is 3.02. The Hall–Kier alpha value is -1.97. The van der Waals surface area contributed by atoms with Crippen LogP contribution in [0.2, 0.25) is 0 Å². The summed E-state index contributed by atoms with van der Waals surface area (Å²) < 4.78 is 0. The first-order valence-electron chi connectivity index (χ1n) is 8.89. The van der Waals surface area contributed by atoms with Gasteiger partial charge in [0.2, 0.25) is 0 Å².